The topological polar surface area (TPSA) is 64.2 Å². The lowest BCUT2D eigenvalue weighted by atomic mass is 10.0. The summed E-state index contributed by atoms with van der Waals surface area (Å²) in [6, 6.07) is 9.26. The van der Waals surface area contributed by atoms with Gasteiger partial charge in [0, 0.05) is 31.5 Å². The summed E-state index contributed by atoms with van der Waals surface area (Å²) in [6.07, 6.45) is 5.67. The van der Waals surface area contributed by atoms with Crippen LogP contribution in [0.3, 0.4) is 0 Å². The van der Waals surface area contributed by atoms with Gasteiger partial charge in [-0.3, -0.25) is 14.8 Å². The zero-order valence-electron chi connectivity index (χ0n) is 11.1. The summed E-state index contributed by atoms with van der Waals surface area (Å²) in [7, 11) is 0. The second-order valence-corrected chi connectivity index (χ2v) is 4.95. The SMILES string of the molecule is O=[N+]([O-])c1ccccc1N1CCC(n2cccn2)CC1. The summed E-state index contributed by atoms with van der Waals surface area (Å²) in [5.41, 5.74) is 0.904. The lowest BCUT2D eigenvalue weighted by Gasteiger charge is -2.33. The van der Waals surface area contributed by atoms with Gasteiger partial charge in [-0.2, -0.15) is 5.10 Å². The third-order valence-corrected chi connectivity index (χ3v) is 3.78. The minimum Gasteiger partial charge on any atom is -0.366 e. The van der Waals surface area contributed by atoms with Crippen LogP contribution in [0.5, 0.6) is 0 Å². The first-order valence-corrected chi connectivity index (χ1v) is 6.73. The van der Waals surface area contributed by atoms with Crippen molar-refractivity contribution in [1.82, 2.24) is 9.78 Å². The van der Waals surface area contributed by atoms with Crippen molar-refractivity contribution in [2.75, 3.05) is 18.0 Å². The molecule has 1 fully saturated rings. The van der Waals surface area contributed by atoms with Crippen molar-refractivity contribution in [2.24, 2.45) is 0 Å². The van der Waals surface area contributed by atoms with Crippen molar-refractivity contribution in [3.8, 4) is 0 Å². The van der Waals surface area contributed by atoms with Crippen LogP contribution in [0.1, 0.15) is 18.9 Å². The van der Waals surface area contributed by atoms with Gasteiger partial charge < -0.3 is 4.90 Å². The molecule has 0 spiro atoms. The van der Waals surface area contributed by atoms with E-state index >= 15 is 0 Å². The number of anilines is 1. The highest BCUT2D eigenvalue weighted by molar-refractivity contribution is 5.63. The molecule has 0 N–H and O–H groups in total. The van der Waals surface area contributed by atoms with E-state index in [1.165, 1.54) is 0 Å². The summed E-state index contributed by atoms with van der Waals surface area (Å²) in [5.74, 6) is 0. The Hall–Kier alpha value is -2.37. The minimum absolute atomic E-state index is 0.185. The highest BCUT2D eigenvalue weighted by Gasteiger charge is 2.25. The van der Waals surface area contributed by atoms with Gasteiger partial charge in [-0.25, -0.2) is 0 Å². The molecule has 0 bridgehead atoms. The molecule has 0 aliphatic carbocycles. The Morgan fingerprint density at radius 3 is 2.60 bits per heavy atom. The van der Waals surface area contributed by atoms with E-state index in [1.807, 2.05) is 29.1 Å². The Labute approximate surface area is 116 Å². The maximum absolute atomic E-state index is 11.1. The maximum atomic E-state index is 11.1. The monoisotopic (exact) mass is 272 g/mol. The van der Waals surface area contributed by atoms with Crippen LogP contribution in [0, 0.1) is 10.1 Å². The molecule has 6 heteroatoms. The van der Waals surface area contributed by atoms with Crippen LogP contribution >= 0.6 is 0 Å². The smallest absolute Gasteiger partial charge is 0.292 e. The summed E-state index contributed by atoms with van der Waals surface area (Å²) in [6.45, 7) is 1.63. The van der Waals surface area contributed by atoms with E-state index < -0.39 is 0 Å². The Kier molecular flexibility index (Phi) is 3.37. The highest BCUT2D eigenvalue weighted by atomic mass is 16.6. The fraction of sp³-hybridized carbons (Fsp3) is 0.357. The molecule has 1 aliphatic rings. The highest BCUT2D eigenvalue weighted by Crippen LogP contribution is 2.32. The van der Waals surface area contributed by atoms with Crippen LogP contribution in [-0.4, -0.2) is 27.8 Å². The number of nitrogens with zero attached hydrogens (tertiary/aromatic N) is 4. The van der Waals surface area contributed by atoms with Crippen molar-refractivity contribution in [3.63, 3.8) is 0 Å². The van der Waals surface area contributed by atoms with Crippen LogP contribution in [0.25, 0.3) is 0 Å². The minimum atomic E-state index is -0.311. The average Bonchev–Trinajstić information content (AvgIpc) is 3.02. The molecule has 2 aromatic rings. The number of nitro benzene ring substituents is 1. The Balaban J connectivity index is 1.74. The zero-order chi connectivity index (χ0) is 13.9. The zero-order valence-corrected chi connectivity index (χ0v) is 11.1. The lowest BCUT2D eigenvalue weighted by Crippen LogP contribution is -2.35. The van der Waals surface area contributed by atoms with Gasteiger partial charge in [0.05, 0.1) is 11.0 Å². The van der Waals surface area contributed by atoms with Gasteiger partial charge in [0.15, 0.2) is 0 Å². The van der Waals surface area contributed by atoms with E-state index in [-0.39, 0.29) is 10.6 Å². The first-order chi connectivity index (χ1) is 9.75. The van der Waals surface area contributed by atoms with Crippen molar-refractivity contribution in [2.45, 2.75) is 18.9 Å². The van der Waals surface area contributed by atoms with Crippen molar-refractivity contribution >= 4 is 11.4 Å². The van der Waals surface area contributed by atoms with Gasteiger partial charge in [0.2, 0.25) is 0 Å². The predicted octanol–water partition coefficient (Wildman–Crippen LogP) is 2.63. The van der Waals surface area contributed by atoms with E-state index in [2.05, 4.69) is 10.00 Å². The molecule has 20 heavy (non-hydrogen) atoms. The van der Waals surface area contributed by atoms with Gasteiger partial charge in [-0.1, -0.05) is 12.1 Å². The molecule has 6 nitrogen and oxygen atoms in total. The van der Waals surface area contributed by atoms with E-state index in [9.17, 15) is 10.1 Å². The fourth-order valence-corrected chi connectivity index (χ4v) is 2.75. The van der Waals surface area contributed by atoms with Gasteiger partial charge in [-0.05, 0) is 25.0 Å². The number of hydrogen-bond donors (Lipinski definition) is 0. The van der Waals surface area contributed by atoms with Gasteiger partial charge in [0.1, 0.15) is 5.69 Å². The van der Waals surface area contributed by atoms with Crippen molar-refractivity contribution < 1.29 is 4.92 Å². The summed E-state index contributed by atoms with van der Waals surface area (Å²) in [4.78, 5) is 12.9. The molecular weight excluding hydrogens is 256 g/mol. The second-order valence-electron chi connectivity index (χ2n) is 4.95. The van der Waals surface area contributed by atoms with Crippen LogP contribution in [0.4, 0.5) is 11.4 Å². The standard InChI is InChI=1S/C14H16N4O2/c19-18(20)14-5-2-1-4-13(14)16-10-6-12(7-11-16)17-9-3-8-15-17/h1-5,8-9,12H,6-7,10-11H2. The Morgan fingerprint density at radius 1 is 1.20 bits per heavy atom. The van der Waals surface area contributed by atoms with E-state index in [1.54, 1.807) is 18.3 Å². The summed E-state index contributed by atoms with van der Waals surface area (Å²) < 4.78 is 1.98. The molecule has 104 valence electrons. The van der Waals surface area contributed by atoms with Crippen LogP contribution < -0.4 is 4.90 Å². The molecule has 2 heterocycles. The molecule has 0 amide bonds. The maximum Gasteiger partial charge on any atom is 0.292 e. The van der Waals surface area contributed by atoms with Crippen molar-refractivity contribution in [3.05, 3.63) is 52.8 Å². The van der Waals surface area contributed by atoms with Gasteiger partial charge in [-0.15, -0.1) is 0 Å². The van der Waals surface area contributed by atoms with E-state index in [4.69, 9.17) is 0 Å². The Bertz CT molecular complexity index is 589. The van der Waals surface area contributed by atoms with Crippen molar-refractivity contribution in [1.29, 1.82) is 0 Å². The van der Waals surface area contributed by atoms with Gasteiger partial charge in [0.25, 0.3) is 5.69 Å². The quantitative estimate of drug-likeness (QED) is 0.636. The number of piperidine rings is 1. The predicted molar refractivity (Wildman–Crippen MR) is 75.8 cm³/mol. The number of hydrogen-bond acceptors (Lipinski definition) is 4. The van der Waals surface area contributed by atoms with Crippen LogP contribution in [-0.2, 0) is 0 Å². The number of aromatic nitrogens is 2. The second kappa shape index (κ2) is 5.32. The molecule has 0 unspecified atom stereocenters. The molecule has 1 aromatic heterocycles. The Morgan fingerprint density at radius 2 is 1.95 bits per heavy atom. The molecule has 1 saturated heterocycles. The van der Waals surface area contributed by atoms with E-state index in [0.717, 1.165) is 31.6 Å². The summed E-state index contributed by atoms with van der Waals surface area (Å²) >= 11 is 0. The van der Waals surface area contributed by atoms with Gasteiger partial charge >= 0.3 is 0 Å². The number of para-hydroxylation sites is 2. The molecule has 0 saturated carbocycles. The van der Waals surface area contributed by atoms with Crippen LogP contribution in [0.2, 0.25) is 0 Å². The molecule has 1 aliphatic heterocycles. The number of rotatable bonds is 3. The first kappa shape index (κ1) is 12.7. The molecule has 1 aromatic carbocycles. The largest absolute Gasteiger partial charge is 0.366 e. The van der Waals surface area contributed by atoms with E-state index in [0.29, 0.717) is 6.04 Å². The third-order valence-electron chi connectivity index (χ3n) is 3.78. The van der Waals surface area contributed by atoms with Crippen LogP contribution in [0.15, 0.2) is 42.7 Å². The lowest BCUT2D eigenvalue weighted by molar-refractivity contribution is -0.384. The summed E-state index contributed by atoms with van der Waals surface area (Å²) in [5, 5.41) is 15.4. The normalized spacial score (nSPS) is 16.3. The fourth-order valence-electron chi connectivity index (χ4n) is 2.75. The molecular formula is C14H16N4O2. The molecule has 0 atom stereocenters. The third kappa shape index (κ3) is 2.36. The molecule has 0 radical (unpaired) electrons. The number of benzene rings is 1. The first-order valence-electron chi connectivity index (χ1n) is 6.73. The average molecular weight is 272 g/mol. The molecule has 3 rings (SSSR count). The number of nitro groups is 1.